The first-order valence-corrected chi connectivity index (χ1v) is 17.9. The third-order valence-electron chi connectivity index (χ3n) is 7.57. The van der Waals surface area contributed by atoms with Crippen LogP contribution in [-0.4, -0.2) is 114 Å². The molecule has 10 atom stereocenters. The standard InChI is InChI=1S/C20H25N10O16P3/c21-19-25-13-7(15(32)27-19)23-3-29(13)17-9(31)10-5(42-17)1-40-49(38,39)46-11-6(2-41-48(36,37)45-10)43-18(12(11)44-47(34)35)30-4-24-8-14(30)26-20(22)28-16(8)33/h3-6,9-12,17-18,31,34-35H,1-2H2,(H,36,37)(H,38,39)(H3,21,25,27,32)(H3,22,26,28,33)/t5-,6-,9+,10?,11?,12+,17-,18-/m1/s1. The molecule has 11 N–H and O–H groups in total. The number of aromatic amines is 2. The Morgan fingerprint density at radius 1 is 0.837 bits per heavy atom. The van der Waals surface area contributed by atoms with Crippen molar-refractivity contribution in [2.24, 2.45) is 0 Å². The van der Waals surface area contributed by atoms with Crippen LogP contribution in [0.2, 0.25) is 0 Å². The minimum Gasteiger partial charge on any atom is -0.386 e. The van der Waals surface area contributed by atoms with Gasteiger partial charge in [0.05, 0.1) is 25.9 Å². The average molecular weight is 754 g/mol. The Bertz CT molecular complexity index is 2120. The summed E-state index contributed by atoms with van der Waals surface area (Å²) in [6.07, 6.45) is -11.3. The molecule has 3 aliphatic heterocycles. The fourth-order valence-electron chi connectivity index (χ4n) is 5.59. The maximum absolute atomic E-state index is 13.3. The van der Waals surface area contributed by atoms with Crippen LogP contribution in [0.3, 0.4) is 0 Å². The van der Waals surface area contributed by atoms with Crippen molar-refractivity contribution in [1.82, 2.24) is 39.0 Å². The Morgan fingerprint density at radius 2 is 1.31 bits per heavy atom. The fourth-order valence-corrected chi connectivity index (χ4v) is 7.96. The molecule has 0 saturated carbocycles. The molecular formula is C20H25N10O16P3. The highest BCUT2D eigenvalue weighted by atomic mass is 31.2. The topological polar surface area (TPSA) is 379 Å². The van der Waals surface area contributed by atoms with Crippen LogP contribution >= 0.6 is 24.2 Å². The van der Waals surface area contributed by atoms with Gasteiger partial charge in [0.2, 0.25) is 11.9 Å². The van der Waals surface area contributed by atoms with Gasteiger partial charge in [0.15, 0.2) is 34.8 Å². The van der Waals surface area contributed by atoms with E-state index in [1.54, 1.807) is 0 Å². The van der Waals surface area contributed by atoms with Crippen molar-refractivity contribution in [1.29, 1.82) is 0 Å². The third kappa shape index (κ3) is 6.42. The van der Waals surface area contributed by atoms with Crippen molar-refractivity contribution in [3.63, 3.8) is 0 Å². The van der Waals surface area contributed by atoms with Gasteiger partial charge in [-0.15, -0.1) is 0 Å². The second-order valence-corrected chi connectivity index (χ2v) is 14.2. The number of hydrogen-bond donors (Lipinski definition) is 9. The molecule has 0 aliphatic carbocycles. The van der Waals surface area contributed by atoms with Gasteiger partial charge in [0.1, 0.15) is 36.6 Å². The number of aliphatic hydroxyl groups is 1. The van der Waals surface area contributed by atoms with Crippen molar-refractivity contribution in [2.45, 2.75) is 49.1 Å². The van der Waals surface area contributed by atoms with Gasteiger partial charge in [-0.2, -0.15) is 9.97 Å². The molecule has 4 unspecified atom stereocenters. The highest BCUT2D eigenvalue weighted by Gasteiger charge is 2.55. The first-order valence-electron chi connectivity index (χ1n) is 13.7. The molecule has 29 heteroatoms. The van der Waals surface area contributed by atoms with Crippen LogP contribution < -0.4 is 22.6 Å². The molecule has 7 rings (SSSR count). The van der Waals surface area contributed by atoms with Crippen LogP contribution in [-0.2, 0) is 41.2 Å². The van der Waals surface area contributed by atoms with Gasteiger partial charge in [-0.25, -0.2) is 19.1 Å². The van der Waals surface area contributed by atoms with E-state index in [9.17, 15) is 43.4 Å². The van der Waals surface area contributed by atoms with Crippen LogP contribution in [0.25, 0.3) is 22.3 Å². The van der Waals surface area contributed by atoms with Crippen molar-refractivity contribution in [3.05, 3.63) is 33.4 Å². The molecule has 4 aromatic rings. The number of nitrogens with two attached hydrogens (primary N) is 2. The Balaban J connectivity index is 1.21. The summed E-state index contributed by atoms with van der Waals surface area (Å²) in [6.45, 7) is -1.87. The van der Waals surface area contributed by atoms with Crippen LogP contribution in [0.1, 0.15) is 12.5 Å². The van der Waals surface area contributed by atoms with Gasteiger partial charge in [0.25, 0.3) is 11.1 Å². The first-order chi connectivity index (χ1) is 23.1. The number of hydrogen-bond acceptors (Lipinski definition) is 20. The molecule has 26 nitrogen and oxygen atoms in total. The van der Waals surface area contributed by atoms with Crippen molar-refractivity contribution >= 4 is 58.5 Å². The summed E-state index contributed by atoms with van der Waals surface area (Å²) in [5.74, 6) is -0.626. The summed E-state index contributed by atoms with van der Waals surface area (Å²) >= 11 is 0. The number of rotatable bonds is 4. The molecule has 0 spiro atoms. The number of aromatic nitrogens is 8. The number of phosphoric ester groups is 2. The molecule has 266 valence electrons. The number of ether oxygens (including phenoxy) is 2. The number of nitrogen functional groups attached to an aromatic ring is 2. The van der Waals surface area contributed by atoms with Gasteiger partial charge >= 0.3 is 24.2 Å². The zero-order valence-corrected chi connectivity index (χ0v) is 26.8. The molecule has 0 bridgehead atoms. The van der Waals surface area contributed by atoms with E-state index in [2.05, 4.69) is 29.9 Å². The van der Waals surface area contributed by atoms with Crippen LogP contribution in [0.15, 0.2) is 22.2 Å². The number of phosphoric acid groups is 2. The Hall–Kier alpha value is -3.29. The van der Waals surface area contributed by atoms with Gasteiger partial charge < -0.3 is 50.1 Å². The number of nitrogens with zero attached hydrogens (tertiary/aromatic N) is 6. The second-order valence-electron chi connectivity index (χ2n) is 10.7. The molecule has 0 aromatic carbocycles. The zero-order chi connectivity index (χ0) is 35.0. The zero-order valence-electron chi connectivity index (χ0n) is 24.1. The van der Waals surface area contributed by atoms with Crippen LogP contribution in [0.5, 0.6) is 0 Å². The van der Waals surface area contributed by atoms with Gasteiger partial charge in [0, 0.05) is 0 Å². The van der Waals surface area contributed by atoms with Gasteiger partial charge in [-0.3, -0.25) is 46.8 Å². The maximum atomic E-state index is 13.3. The lowest BCUT2D eigenvalue weighted by atomic mass is 10.1. The van der Waals surface area contributed by atoms with Gasteiger partial charge in [-0.05, 0) is 0 Å². The van der Waals surface area contributed by atoms with E-state index in [1.807, 2.05) is 0 Å². The third-order valence-corrected chi connectivity index (χ3v) is 9.98. The number of imidazole rings is 2. The summed E-state index contributed by atoms with van der Waals surface area (Å²) in [5, 5.41) is 11.2. The normalized spacial score (nSPS) is 35.7. The Morgan fingerprint density at radius 3 is 1.84 bits per heavy atom. The van der Waals surface area contributed by atoms with E-state index < -0.39 is 97.7 Å². The molecule has 7 heterocycles. The second kappa shape index (κ2) is 12.5. The predicted octanol–water partition coefficient (Wildman–Crippen LogP) is -2.81. The minimum atomic E-state index is -5.22. The monoisotopic (exact) mass is 754 g/mol. The van der Waals surface area contributed by atoms with Gasteiger partial charge in [-0.1, -0.05) is 0 Å². The molecule has 3 saturated heterocycles. The van der Waals surface area contributed by atoms with Crippen molar-refractivity contribution in [3.8, 4) is 0 Å². The molecule has 3 aliphatic rings. The quantitative estimate of drug-likeness (QED) is 0.0949. The lowest BCUT2D eigenvalue weighted by Crippen LogP contribution is -2.39. The minimum absolute atomic E-state index is 0.144. The molecule has 4 aromatic heterocycles. The smallest absolute Gasteiger partial charge is 0.386 e. The van der Waals surface area contributed by atoms with Crippen molar-refractivity contribution in [2.75, 3.05) is 24.7 Å². The van der Waals surface area contributed by atoms with E-state index in [0.717, 1.165) is 21.8 Å². The number of nitrogens with one attached hydrogen (secondary N) is 2. The van der Waals surface area contributed by atoms with E-state index in [0.29, 0.717) is 0 Å². The number of H-pyrrole nitrogens is 2. The summed E-state index contributed by atoms with van der Waals surface area (Å²) in [5.41, 5.74) is 9.10. The number of anilines is 2. The van der Waals surface area contributed by atoms with E-state index >= 15 is 0 Å². The molecule has 49 heavy (non-hydrogen) atoms. The number of aliphatic hydroxyl groups excluding tert-OH is 1. The average Bonchev–Trinajstić information content (AvgIpc) is 3.76. The molecule has 0 amide bonds. The fraction of sp³-hybridized carbons (Fsp3) is 0.500. The predicted molar refractivity (Wildman–Crippen MR) is 156 cm³/mol. The van der Waals surface area contributed by atoms with E-state index in [1.165, 1.54) is 0 Å². The van der Waals surface area contributed by atoms with Crippen LogP contribution in [0, 0.1) is 0 Å². The molecule has 3 fully saturated rings. The molecule has 0 radical (unpaired) electrons. The highest BCUT2D eigenvalue weighted by molar-refractivity contribution is 7.47. The van der Waals surface area contributed by atoms with E-state index in [4.69, 9.17) is 43.6 Å². The highest BCUT2D eigenvalue weighted by Crippen LogP contribution is 2.54. The molecular weight excluding hydrogens is 729 g/mol. The SMILES string of the molecule is Nc1nc2c(ncn2[C@@H]2O[C@@H]3COP(=O)(O)OC4[C@@H](COP(=O)(O)OC3[C@@H]2O)O[C@@H](n2cnc3c(=O)[nH]c(N)nc32)[C@H]4OP(O)O)c(=O)[nH]1. The summed E-state index contributed by atoms with van der Waals surface area (Å²) in [4.78, 5) is 85.9. The Labute approximate surface area is 270 Å². The van der Waals surface area contributed by atoms with E-state index in [-0.39, 0.29) is 34.2 Å². The summed E-state index contributed by atoms with van der Waals surface area (Å²) < 4.78 is 66.4. The largest absolute Gasteiger partial charge is 0.472 e. The van der Waals surface area contributed by atoms with Crippen LogP contribution in [0.4, 0.5) is 11.9 Å². The first kappa shape index (κ1) is 34.2. The lowest BCUT2D eigenvalue weighted by molar-refractivity contribution is -0.0663. The number of fused-ring (bicyclic) bond motifs is 4. The summed E-state index contributed by atoms with van der Waals surface area (Å²) in [6, 6.07) is 0. The van der Waals surface area contributed by atoms with Crippen molar-refractivity contribution < 1.29 is 65.9 Å². The maximum Gasteiger partial charge on any atom is 0.472 e. The summed E-state index contributed by atoms with van der Waals surface area (Å²) in [7, 11) is -13.6. The Kier molecular flexibility index (Phi) is 8.71. The lowest BCUT2D eigenvalue weighted by Gasteiger charge is -2.28.